The molecule has 0 bridgehead atoms. The number of imidazole rings is 1. The van der Waals surface area contributed by atoms with E-state index in [0.29, 0.717) is 13.0 Å². The summed E-state index contributed by atoms with van der Waals surface area (Å²) < 4.78 is 4.22. The van der Waals surface area contributed by atoms with Gasteiger partial charge in [-0.05, 0) is 43.5 Å². The summed E-state index contributed by atoms with van der Waals surface area (Å²) in [5, 5.41) is 0. The standard InChI is InChI=1S/C20H24N4O/c1-22-12-6-10-18(22)19-9-4-5-13-24(19)20(25)11-14-23-15-21-16-7-2-3-8-17(16)23/h2-3,6-8,10,12,15,19H,4-5,9,11,13-14H2,1H3/t19-/m0/s1. The van der Waals surface area contributed by atoms with Gasteiger partial charge in [0, 0.05) is 38.4 Å². The molecule has 1 aromatic carbocycles. The quantitative estimate of drug-likeness (QED) is 0.731. The molecular weight excluding hydrogens is 312 g/mol. The van der Waals surface area contributed by atoms with Gasteiger partial charge in [-0.2, -0.15) is 0 Å². The number of para-hydroxylation sites is 2. The predicted molar refractivity (Wildman–Crippen MR) is 98.1 cm³/mol. The summed E-state index contributed by atoms with van der Waals surface area (Å²) in [6.45, 7) is 1.54. The van der Waals surface area contributed by atoms with Crippen LogP contribution in [0.1, 0.15) is 37.4 Å². The third-order valence-corrected chi connectivity index (χ3v) is 5.24. The third-order valence-electron chi connectivity index (χ3n) is 5.24. The maximum Gasteiger partial charge on any atom is 0.224 e. The molecule has 0 aliphatic carbocycles. The molecule has 130 valence electrons. The van der Waals surface area contributed by atoms with Gasteiger partial charge < -0.3 is 14.0 Å². The lowest BCUT2D eigenvalue weighted by Crippen LogP contribution is -2.39. The lowest BCUT2D eigenvalue weighted by Gasteiger charge is -2.36. The first-order valence-electron chi connectivity index (χ1n) is 9.04. The van der Waals surface area contributed by atoms with Crippen LogP contribution in [0.3, 0.4) is 0 Å². The average molecular weight is 336 g/mol. The van der Waals surface area contributed by atoms with Crippen LogP contribution in [0.2, 0.25) is 0 Å². The highest BCUT2D eigenvalue weighted by Crippen LogP contribution is 2.31. The fraction of sp³-hybridized carbons (Fsp3) is 0.400. The first kappa shape index (κ1) is 15.9. The van der Waals surface area contributed by atoms with Crippen LogP contribution in [-0.4, -0.2) is 31.5 Å². The number of carbonyl (C=O) groups excluding carboxylic acids is 1. The van der Waals surface area contributed by atoms with Gasteiger partial charge in [-0.25, -0.2) is 4.98 Å². The summed E-state index contributed by atoms with van der Waals surface area (Å²) in [6, 6.07) is 12.5. The second kappa shape index (κ2) is 6.75. The number of hydrogen-bond acceptors (Lipinski definition) is 2. The minimum Gasteiger partial charge on any atom is -0.353 e. The number of aromatic nitrogens is 3. The molecule has 0 saturated carbocycles. The zero-order valence-corrected chi connectivity index (χ0v) is 14.6. The van der Waals surface area contributed by atoms with Crippen LogP contribution >= 0.6 is 0 Å². The topological polar surface area (TPSA) is 43.1 Å². The maximum atomic E-state index is 12.9. The van der Waals surface area contributed by atoms with Crippen LogP contribution in [0.4, 0.5) is 0 Å². The van der Waals surface area contributed by atoms with E-state index in [4.69, 9.17) is 0 Å². The summed E-state index contributed by atoms with van der Waals surface area (Å²) in [4.78, 5) is 19.4. The highest BCUT2D eigenvalue weighted by molar-refractivity contribution is 5.78. The molecule has 0 unspecified atom stereocenters. The van der Waals surface area contributed by atoms with Crippen LogP contribution in [0.15, 0.2) is 48.9 Å². The van der Waals surface area contributed by atoms with E-state index in [1.165, 1.54) is 12.1 Å². The largest absolute Gasteiger partial charge is 0.353 e. The van der Waals surface area contributed by atoms with Gasteiger partial charge in [0.15, 0.2) is 0 Å². The van der Waals surface area contributed by atoms with E-state index >= 15 is 0 Å². The molecule has 3 aromatic rings. The van der Waals surface area contributed by atoms with Crippen molar-refractivity contribution in [2.45, 2.75) is 38.3 Å². The Labute approximate surface area is 147 Å². The summed E-state index contributed by atoms with van der Waals surface area (Å²) in [6.07, 6.45) is 7.75. The number of carbonyl (C=O) groups is 1. The number of amides is 1. The minimum atomic E-state index is 0.209. The summed E-state index contributed by atoms with van der Waals surface area (Å²) >= 11 is 0. The second-order valence-corrected chi connectivity index (χ2v) is 6.82. The van der Waals surface area contributed by atoms with Gasteiger partial charge in [-0.1, -0.05) is 12.1 Å². The number of hydrogen-bond donors (Lipinski definition) is 0. The first-order chi connectivity index (χ1) is 12.2. The maximum absolute atomic E-state index is 12.9. The highest BCUT2D eigenvalue weighted by Gasteiger charge is 2.29. The summed E-state index contributed by atoms with van der Waals surface area (Å²) in [5.41, 5.74) is 3.31. The van der Waals surface area contributed by atoms with Crippen molar-refractivity contribution in [2.75, 3.05) is 6.54 Å². The van der Waals surface area contributed by atoms with E-state index in [1.807, 2.05) is 24.5 Å². The molecule has 0 N–H and O–H groups in total. The Kier molecular flexibility index (Phi) is 4.30. The lowest BCUT2D eigenvalue weighted by atomic mass is 9.98. The highest BCUT2D eigenvalue weighted by atomic mass is 16.2. The van der Waals surface area contributed by atoms with Crippen molar-refractivity contribution >= 4 is 16.9 Å². The number of likely N-dealkylation sites (tertiary alicyclic amines) is 1. The van der Waals surface area contributed by atoms with Crippen molar-refractivity contribution in [3.63, 3.8) is 0 Å². The van der Waals surface area contributed by atoms with Gasteiger partial charge in [0.05, 0.1) is 23.4 Å². The molecule has 1 atom stereocenters. The van der Waals surface area contributed by atoms with Crippen LogP contribution in [0.5, 0.6) is 0 Å². The molecule has 5 heteroatoms. The van der Waals surface area contributed by atoms with E-state index in [2.05, 4.69) is 50.5 Å². The Morgan fingerprint density at radius 3 is 2.92 bits per heavy atom. The second-order valence-electron chi connectivity index (χ2n) is 6.82. The lowest BCUT2D eigenvalue weighted by molar-refractivity contribution is -0.135. The number of fused-ring (bicyclic) bond motifs is 1. The average Bonchev–Trinajstić information content (AvgIpc) is 3.26. The molecule has 2 aromatic heterocycles. The molecule has 1 aliphatic heterocycles. The zero-order valence-electron chi connectivity index (χ0n) is 14.6. The molecular formula is C20H24N4O. The Balaban J connectivity index is 1.48. The molecule has 5 nitrogen and oxygen atoms in total. The molecule has 0 radical (unpaired) electrons. The normalized spacial score (nSPS) is 18.0. The van der Waals surface area contributed by atoms with Gasteiger partial charge >= 0.3 is 0 Å². The summed E-state index contributed by atoms with van der Waals surface area (Å²) in [5.74, 6) is 0.240. The van der Waals surface area contributed by atoms with E-state index in [0.717, 1.165) is 30.4 Å². The fourth-order valence-electron chi connectivity index (χ4n) is 3.91. The molecule has 0 spiro atoms. The van der Waals surface area contributed by atoms with Gasteiger partial charge in [-0.3, -0.25) is 4.79 Å². The van der Waals surface area contributed by atoms with E-state index in [9.17, 15) is 4.79 Å². The molecule has 3 heterocycles. The van der Waals surface area contributed by atoms with Gasteiger partial charge in [0.2, 0.25) is 5.91 Å². The van der Waals surface area contributed by atoms with Crippen molar-refractivity contribution in [2.24, 2.45) is 7.05 Å². The van der Waals surface area contributed by atoms with E-state index < -0.39 is 0 Å². The first-order valence-corrected chi connectivity index (χ1v) is 9.04. The molecule has 4 rings (SSSR count). The van der Waals surface area contributed by atoms with Gasteiger partial charge in [-0.15, -0.1) is 0 Å². The van der Waals surface area contributed by atoms with Crippen LogP contribution < -0.4 is 0 Å². The minimum absolute atomic E-state index is 0.209. The molecule has 1 aliphatic rings. The van der Waals surface area contributed by atoms with E-state index in [-0.39, 0.29) is 11.9 Å². The van der Waals surface area contributed by atoms with Crippen molar-refractivity contribution in [1.29, 1.82) is 0 Å². The van der Waals surface area contributed by atoms with Crippen molar-refractivity contribution in [3.05, 3.63) is 54.6 Å². The van der Waals surface area contributed by atoms with Crippen molar-refractivity contribution < 1.29 is 4.79 Å². The fourth-order valence-corrected chi connectivity index (χ4v) is 3.91. The number of benzene rings is 1. The Morgan fingerprint density at radius 2 is 2.08 bits per heavy atom. The van der Waals surface area contributed by atoms with Crippen molar-refractivity contribution in [3.8, 4) is 0 Å². The SMILES string of the molecule is Cn1cccc1[C@@H]1CCCCN1C(=O)CCn1cnc2ccccc21. The van der Waals surface area contributed by atoms with Crippen molar-refractivity contribution in [1.82, 2.24) is 19.0 Å². The Hall–Kier alpha value is -2.56. The molecule has 1 fully saturated rings. The monoisotopic (exact) mass is 336 g/mol. The van der Waals surface area contributed by atoms with Gasteiger partial charge in [0.1, 0.15) is 0 Å². The molecule has 25 heavy (non-hydrogen) atoms. The molecule has 1 amide bonds. The smallest absolute Gasteiger partial charge is 0.224 e. The number of piperidine rings is 1. The zero-order chi connectivity index (χ0) is 17.2. The van der Waals surface area contributed by atoms with Gasteiger partial charge in [0.25, 0.3) is 0 Å². The number of rotatable bonds is 4. The van der Waals surface area contributed by atoms with Crippen LogP contribution in [0, 0.1) is 0 Å². The van der Waals surface area contributed by atoms with Crippen LogP contribution in [0.25, 0.3) is 11.0 Å². The summed E-state index contributed by atoms with van der Waals surface area (Å²) in [7, 11) is 2.06. The number of nitrogens with zero attached hydrogens (tertiary/aromatic N) is 4. The number of aryl methyl sites for hydroxylation is 2. The van der Waals surface area contributed by atoms with E-state index in [1.54, 1.807) is 0 Å². The Bertz CT molecular complexity index is 879. The Morgan fingerprint density at radius 1 is 1.20 bits per heavy atom. The third kappa shape index (κ3) is 3.06. The predicted octanol–water partition coefficient (Wildman–Crippen LogP) is 3.52. The molecule has 1 saturated heterocycles. The van der Waals surface area contributed by atoms with Crippen LogP contribution in [-0.2, 0) is 18.4 Å².